The molecular formula is C12H13NO5S2. The lowest BCUT2D eigenvalue weighted by molar-refractivity contribution is -0.117. The number of nitrogens with zero attached hydrogens (tertiary/aromatic N) is 1. The predicted molar refractivity (Wildman–Crippen MR) is 75.3 cm³/mol. The van der Waals surface area contributed by atoms with Crippen LogP contribution < -0.4 is 4.90 Å². The van der Waals surface area contributed by atoms with Crippen molar-refractivity contribution in [2.75, 3.05) is 11.4 Å². The van der Waals surface area contributed by atoms with Crippen molar-refractivity contribution < 1.29 is 22.6 Å². The molecular weight excluding hydrogens is 302 g/mol. The fraction of sp³-hybridized carbons (Fsp3) is 0.333. The summed E-state index contributed by atoms with van der Waals surface area (Å²) in [5.74, 6) is -0.108. The average Bonchev–Trinajstić information content (AvgIpc) is 2.68. The van der Waals surface area contributed by atoms with Crippen LogP contribution in [-0.4, -0.2) is 35.8 Å². The lowest BCUT2D eigenvalue weighted by Crippen LogP contribution is -2.24. The predicted octanol–water partition coefficient (Wildman–Crippen LogP) is 1.32. The summed E-state index contributed by atoms with van der Waals surface area (Å²) in [4.78, 5) is 24.2. The van der Waals surface area contributed by atoms with Gasteiger partial charge in [0.2, 0.25) is 5.91 Å². The molecule has 6 nitrogen and oxygen atoms in total. The van der Waals surface area contributed by atoms with Crippen LogP contribution in [0, 0.1) is 0 Å². The summed E-state index contributed by atoms with van der Waals surface area (Å²) in [6, 6.07) is 5.40. The molecule has 0 aromatic heterocycles. The maximum atomic E-state index is 11.9. The number of anilines is 1. The van der Waals surface area contributed by atoms with E-state index < -0.39 is 10.1 Å². The van der Waals surface area contributed by atoms with Gasteiger partial charge in [-0.05, 0) is 24.3 Å². The second-order valence-corrected chi connectivity index (χ2v) is 7.31. The van der Waals surface area contributed by atoms with E-state index in [2.05, 4.69) is 0 Å². The molecule has 1 aliphatic heterocycles. The van der Waals surface area contributed by atoms with E-state index in [1.807, 2.05) is 0 Å². The Morgan fingerprint density at radius 1 is 1.35 bits per heavy atom. The van der Waals surface area contributed by atoms with Gasteiger partial charge in [0.05, 0.1) is 4.90 Å². The zero-order chi connectivity index (χ0) is 14.9. The minimum absolute atomic E-state index is 0.0358. The van der Waals surface area contributed by atoms with Crippen LogP contribution in [0.15, 0.2) is 29.2 Å². The molecule has 0 saturated carbocycles. The Bertz CT molecular complexity index is 638. The third-order valence-electron chi connectivity index (χ3n) is 2.87. The zero-order valence-corrected chi connectivity index (χ0v) is 12.3. The van der Waals surface area contributed by atoms with Crippen LogP contribution in [0.2, 0.25) is 0 Å². The molecule has 108 valence electrons. The molecule has 1 N–H and O–H groups in total. The fourth-order valence-electron chi connectivity index (χ4n) is 2.04. The molecule has 1 aliphatic rings. The average molecular weight is 315 g/mol. The summed E-state index contributed by atoms with van der Waals surface area (Å²) < 4.78 is 30.8. The van der Waals surface area contributed by atoms with Gasteiger partial charge in [0.15, 0.2) is 5.12 Å². The molecule has 1 fully saturated rings. The summed E-state index contributed by atoms with van der Waals surface area (Å²) in [5, 5.41) is -0.118. The number of thioether (sulfide) groups is 1. The van der Waals surface area contributed by atoms with Gasteiger partial charge < -0.3 is 4.90 Å². The molecule has 1 atom stereocenters. The smallest absolute Gasteiger partial charge is 0.294 e. The molecule has 1 aromatic rings. The Morgan fingerprint density at radius 2 is 1.95 bits per heavy atom. The van der Waals surface area contributed by atoms with Gasteiger partial charge in [-0.1, -0.05) is 11.8 Å². The first-order chi connectivity index (χ1) is 9.27. The van der Waals surface area contributed by atoms with Gasteiger partial charge in [0.1, 0.15) is 0 Å². The molecule has 0 spiro atoms. The van der Waals surface area contributed by atoms with Crippen molar-refractivity contribution in [3.8, 4) is 0 Å². The van der Waals surface area contributed by atoms with Crippen molar-refractivity contribution in [2.24, 2.45) is 0 Å². The topological polar surface area (TPSA) is 91.8 Å². The maximum absolute atomic E-state index is 11.9. The zero-order valence-electron chi connectivity index (χ0n) is 10.6. The highest BCUT2D eigenvalue weighted by Crippen LogP contribution is 2.29. The highest BCUT2D eigenvalue weighted by atomic mass is 32.2. The largest absolute Gasteiger partial charge is 0.311 e. The first-order valence-electron chi connectivity index (χ1n) is 5.82. The SMILES string of the molecule is CC(=O)SC1CC(=O)N(c2ccc(S(=O)(=O)O)cc2)C1. The van der Waals surface area contributed by atoms with Gasteiger partial charge in [-0.25, -0.2) is 0 Å². The van der Waals surface area contributed by atoms with E-state index in [9.17, 15) is 18.0 Å². The van der Waals surface area contributed by atoms with Crippen molar-refractivity contribution >= 4 is 38.6 Å². The van der Waals surface area contributed by atoms with Crippen molar-refractivity contribution in [1.82, 2.24) is 0 Å². The quantitative estimate of drug-likeness (QED) is 0.846. The van der Waals surface area contributed by atoms with E-state index in [0.29, 0.717) is 12.2 Å². The third-order valence-corrected chi connectivity index (χ3v) is 4.72. The van der Waals surface area contributed by atoms with Gasteiger partial charge in [-0.2, -0.15) is 8.42 Å². The molecule has 0 aliphatic carbocycles. The van der Waals surface area contributed by atoms with Crippen LogP contribution in [-0.2, 0) is 19.7 Å². The molecule has 0 radical (unpaired) electrons. The van der Waals surface area contributed by atoms with Crippen molar-refractivity contribution in [2.45, 2.75) is 23.5 Å². The molecule has 8 heteroatoms. The van der Waals surface area contributed by atoms with E-state index in [4.69, 9.17) is 4.55 Å². The highest BCUT2D eigenvalue weighted by Gasteiger charge is 2.31. The van der Waals surface area contributed by atoms with Crippen molar-refractivity contribution in [3.05, 3.63) is 24.3 Å². The first-order valence-corrected chi connectivity index (χ1v) is 8.14. The Balaban J connectivity index is 2.16. The number of hydrogen-bond donors (Lipinski definition) is 1. The number of carbonyl (C=O) groups is 2. The van der Waals surface area contributed by atoms with E-state index >= 15 is 0 Å². The Kier molecular flexibility index (Phi) is 4.17. The Labute approximate surface area is 120 Å². The van der Waals surface area contributed by atoms with Crippen molar-refractivity contribution in [3.63, 3.8) is 0 Å². The normalized spacial score (nSPS) is 19.4. The van der Waals surface area contributed by atoms with E-state index in [0.717, 1.165) is 11.8 Å². The minimum atomic E-state index is -4.24. The van der Waals surface area contributed by atoms with Crippen LogP contribution >= 0.6 is 11.8 Å². The minimum Gasteiger partial charge on any atom is -0.311 e. The van der Waals surface area contributed by atoms with Crippen LogP contribution in [0.1, 0.15) is 13.3 Å². The maximum Gasteiger partial charge on any atom is 0.294 e. The number of benzene rings is 1. The van der Waals surface area contributed by atoms with Crippen LogP contribution in [0.4, 0.5) is 5.69 Å². The van der Waals surface area contributed by atoms with Gasteiger partial charge in [-0.3, -0.25) is 14.1 Å². The summed E-state index contributed by atoms with van der Waals surface area (Å²) in [6.45, 7) is 1.87. The molecule has 2 rings (SSSR count). The molecule has 0 bridgehead atoms. The number of amides is 1. The second kappa shape index (κ2) is 5.55. The number of carbonyl (C=O) groups excluding carboxylic acids is 2. The standard InChI is InChI=1S/C12H13NO5S2/c1-8(14)19-10-6-12(15)13(7-10)9-2-4-11(5-3-9)20(16,17)18/h2-5,10H,6-7H2,1H3,(H,16,17,18). The lowest BCUT2D eigenvalue weighted by Gasteiger charge is -2.16. The van der Waals surface area contributed by atoms with Gasteiger partial charge in [0.25, 0.3) is 10.1 Å². The van der Waals surface area contributed by atoms with E-state index in [1.165, 1.54) is 36.1 Å². The van der Waals surface area contributed by atoms with Crippen molar-refractivity contribution in [1.29, 1.82) is 0 Å². The molecule has 1 saturated heterocycles. The number of rotatable bonds is 3. The summed E-state index contributed by atoms with van der Waals surface area (Å²) in [6.07, 6.45) is 0.282. The highest BCUT2D eigenvalue weighted by molar-refractivity contribution is 8.14. The third kappa shape index (κ3) is 3.38. The van der Waals surface area contributed by atoms with E-state index in [1.54, 1.807) is 0 Å². The monoisotopic (exact) mass is 315 g/mol. The first kappa shape index (κ1) is 15.0. The van der Waals surface area contributed by atoms with Gasteiger partial charge in [-0.15, -0.1) is 0 Å². The van der Waals surface area contributed by atoms with Crippen LogP contribution in [0.5, 0.6) is 0 Å². The summed E-state index contributed by atoms with van der Waals surface area (Å²) >= 11 is 1.13. The molecule has 1 heterocycles. The summed E-state index contributed by atoms with van der Waals surface area (Å²) in [7, 11) is -4.24. The fourth-order valence-corrected chi connectivity index (χ4v) is 3.44. The molecule has 1 unspecified atom stereocenters. The van der Waals surface area contributed by atoms with Crippen LogP contribution in [0.3, 0.4) is 0 Å². The van der Waals surface area contributed by atoms with Gasteiger partial charge in [0, 0.05) is 30.8 Å². The molecule has 1 amide bonds. The summed E-state index contributed by atoms with van der Waals surface area (Å²) in [5.41, 5.74) is 0.550. The lowest BCUT2D eigenvalue weighted by atomic mass is 10.3. The molecule has 1 aromatic carbocycles. The second-order valence-electron chi connectivity index (χ2n) is 4.41. The van der Waals surface area contributed by atoms with E-state index in [-0.39, 0.29) is 27.6 Å². The number of hydrogen-bond acceptors (Lipinski definition) is 5. The Morgan fingerprint density at radius 3 is 2.45 bits per heavy atom. The Hall–Kier alpha value is -1.38. The van der Waals surface area contributed by atoms with Crippen LogP contribution in [0.25, 0.3) is 0 Å². The molecule has 20 heavy (non-hydrogen) atoms. The van der Waals surface area contributed by atoms with Gasteiger partial charge >= 0.3 is 0 Å².